The molecule has 0 bridgehead atoms. The largest absolute Gasteiger partial charge is 0.506 e. The SMILES string of the molecule is NC(=NO)c1c(O)c2ccccc2[nH]c1=O. The second-order valence-corrected chi connectivity index (χ2v) is 3.21. The van der Waals surface area contributed by atoms with Crippen LogP contribution in [0.15, 0.2) is 34.2 Å². The van der Waals surface area contributed by atoms with Crippen LogP contribution in [0.2, 0.25) is 0 Å². The van der Waals surface area contributed by atoms with Crippen molar-refractivity contribution in [3.63, 3.8) is 0 Å². The van der Waals surface area contributed by atoms with E-state index in [4.69, 9.17) is 10.9 Å². The molecule has 16 heavy (non-hydrogen) atoms. The summed E-state index contributed by atoms with van der Waals surface area (Å²) < 4.78 is 0. The first kappa shape index (κ1) is 10.0. The van der Waals surface area contributed by atoms with Gasteiger partial charge in [0.15, 0.2) is 5.84 Å². The van der Waals surface area contributed by atoms with E-state index in [2.05, 4.69) is 10.1 Å². The number of aromatic hydroxyl groups is 1. The molecular formula is C10H9N3O3. The molecule has 2 aromatic rings. The minimum absolute atomic E-state index is 0.235. The molecule has 1 aromatic heterocycles. The van der Waals surface area contributed by atoms with Crippen molar-refractivity contribution in [2.45, 2.75) is 0 Å². The number of H-pyrrole nitrogens is 1. The predicted octanol–water partition coefficient (Wildman–Crippen LogP) is 0.328. The molecule has 0 unspecified atom stereocenters. The van der Waals surface area contributed by atoms with Crippen LogP contribution in [0.3, 0.4) is 0 Å². The molecule has 2 rings (SSSR count). The standard InChI is InChI=1S/C10H9N3O3/c11-9(13-16)7-8(14)5-3-1-2-4-6(5)12-10(7)15/h1-4,16H,(H2,11,13)(H2,12,14,15). The first-order valence-electron chi connectivity index (χ1n) is 4.47. The number of pyridine rings is 1. The molecule has 6 heteroatoms. The maximum absolute atomic E-state index is 11.6. The number of aromatic nitrogens is 1. The van der Waals surface area contributed by atoms with Crippen LogP contribution in [-0.2, 0) is 0 Å². The van der Waals surface area contributed by atoms with Crippen molar-refractivity contribution in [2.75, 3.05) is 0 Å². The van der Waals surface area contributed by atoms with Crippen molar-refractivity contribution in [3.05, 3.63) is 40.2 Å². The van der Waals surface area contributed by atoms with Gasteiger partial charge in [-0.05, 0) is 12.1 Å². The summed E-state index contributed by atoms with van der Waals surface area (Å²) in [6.45, 7) is 0. The fourth-order valence-electron chi connectivity index (χ4n) is 1.51. The number of nitrogens with zero attached hydrogens (tertiary/aromatic N) is 1. The van der Waals surface area contributed by atoms with Crippen LogP contribution in [0.25, 0.3) is 10.9 Å². The third-order valence-corrected chi connectivity index (χ3v) is 2.26. The summed E-state index contributed by atoms with van der Waals surface area (Å²) in [5.74, 6) is -0.723. The van der Waals surface area contributed by atoms with Gasteiger partial charge < -0.3 is 21.0 Å². The van der Waals surface area contributed by atoms with Crippen LogP contribution in [-0.4, -0.2) is 21.1 Å². The summed E-state index contributed by atoms with van der Waals surface area (Å²) in [5, 5.41) is 21.5. The molecule has 1 heterocycles. The van der Waals surface area contributed by atoms with Crippen LogP contribution in [0.1, 0.15) is 5.56 Å². The van der Waals surface area contributed by atoms with Crippen molar-refractivity contribution in [2.24, 2.45) is 10.9 Å². The molecule has 0 aliphatic carbocycles. The topological polar surface area (TPSA) is 112 Å². The molecule has 0 saturated carbocycles. The number of benzene rings is 1. The Labute approximate surface area is 89.6 Å². The van der Waals surface area contributed by atoms with Gasteiger partial charge in [-0.3, -0.25) is 4.79 Å². The molecule has 0 atom stereocenters. The summed E-state index contributed by atoms with van der Waals surface area (Å²) in [7, 11) is 0. The zero-order valence-corrected chi connectivity index (χ0v) is 8.14. The Morgan fingerprint density at radius 1 is 1.38 bits per heavy atom. The third kappa shape index (κ3) is 1.36. The highest BCUT2D eigenvalue weighted by Gasteiger charge is 2.14. The lowest BCUT2D eigenvalue weighted by Gasteiger charge is -2.05. The van der Waals surface area contributed by atoms with E-state index >= 15 is 0 Å². The zero-order chi connectivity index (χ0) is 11.7. The van der Waals surface area contributed by atoms with Gasteiger partial charge in [-0.2, -0.15) is 0 Å². The average Bonchev–Trinajstić information content (AvgIpc) is 2.28. The molecule has 0 radical (unpaired) electrons. The maximum Gasteiger partial charge on any atom is 0.263 e. The second kappa shape index (κ2) is 3.58. The van der Waals surface area contributed by atoms with Crippen molar-refractivity contribution in [1.82, 2.24) is 4.98 Å². The number of rotatable bonds is 1. The van der Waals surface area contributed by atoms with Gasteiger partial charge in [0.25, 0.3) is 5.56 Å². The molecular weight excluding hydrogens is 210 g/mol. The number of nitrogens with two attached hydrogens (primary N) is 1. The highest BCUT2D eigenvalue weighted by Crippen LogP contribution is 2.23. The fraction of sp³-hybridized carbons (Fsp3) is 0. The lowest BCUT2D eigenvalue weighted by atomic mass is 10.1. The Balaban J connectivity index is 2.92. The molecule has 0 aliphatic heterocycles. The fourth-order valence-corrected chi connectivity index (χ4v) is 1.51. The molecule has 0 spiro atoms. The van der Waals surface area contributed by atoms with Crippen LogP contribution >= 0.6 is 0 Å². The van der Waals surface area contributed by atoms with E-state index < -0.39 is 11.4 Å². The maximum atomic E-state index is 11.6. The van der Waals surface area contributed by atoms with Crippen molar-refractivity contribution >= 4 is 16.7 Å². The number of aromatic amines is 1. The Kier molecular flexibility index (Phi) is 2.24. The molecule has 0 fully saturated rings. The summed E-state index contributed by atoms with van der Waals surface area (Å²) in [4.78, 5) is 14.1. The molecule has 6 nitrogen and oxygen atoms in total. The van der Waals surface area contributed by atoms with E-state index in [9.17, 15) is 9.90 Å². The number of oxime groups is 1. The number of para-hydroxylation sites is 1. The number of hydrogen-bond donors (Lipinski definition) is 4. The van der Waals surface area contributed by atoms with E-state index in [-0.39, 0.29) is 11.3 Å². The minimum Gasteiger partial charge on any atom is -0.506 e. The normalized spacial score (nSPS) is 11.9. The quantitative estimate of drug-likeness (QED) is 0.239. The van der Waals surface area contributed by atoms with Gasteiger partial charge >= 0.3 is 0 Å². The van der Waals surface area contributed by atoms with E-state index in [1.165, 1.54) is 0 Å². The third-order valence-electron chi connectivity index (χ3n) is 2.26. The molecule has 0 saturated heterocycles. The van der Waals surface area contributed by atoms with Gasteiger partial charge in [-0.15, -0.1) is 0 Å². The number of fused-ring (bicyclic) bond motifs is 1. The van der Waals surface area contributed by atoms with Gasteiger partial charge in [0.05, 0.1) is 5.52 Å². The van der Waals surface area contributed by atoms with Gasteiger partial charge in [0, 0.05) is 5.39 Å². The van der Waals surface area contributed by atoms with E-state index in [0.717, 1.165) is 0 Å². The zero-order valence-electron chi connectivity index (χ0n) is 8.14. The highest BCUT2D eigenvalue weighted by atomic mass is 16.4. The smallest absolute Gasteiger partial charge is 0.263 e. The monoisotopic (exact) mass is 219 g/mol. The number of hydrogen-bond acceptors (Lipinski definition) is 4. The molecule has 0 amide bonds. The van der Waals surface area contributed by atoms with Crippen molar-refractivity contribution in [1.29, 1.82) is 0 Å². The van der Waals surface area contributed by atoms with Gasteiger partial charge in [0.1, 0.15) is 11.3 Å². The lowest BCUT2D eigenvalue weighted by molar-refractivity contribution is 0.318. The molecule has 5 N–H and O–H groups in total. The van der Waals surface area contributed by atoms with Crippen LogP contribution in [0, 0.1) is 0 Å². The average molecular weight is 219 g/mol. The van der Waals surface area contributed by atoms with E-state index in [1.807, 2.05) is 0 Å². The summed E-state index contributed by atoms with van der Waals surface area (Å²) in [6.07, 6.45) is 0. The summed E-state index contributed by atoms with van der Waals surface area (Å²) in [6, 6.07) is 6.69. The lowest BCUT2D eigenvalue weighted by Crippen LogP contribution is -2.24. The first-order valence-corrected chi connectivity index (χ1v) is 4.47. The van der Waals surface area contributed by atoms with E-state index in [0.29, 0.717) is 10.9 Å². The van der Waals surface area contributed by atoms with Gasteiger partial charge in [-0.1, -0.05) is 17.3 Å². The Hall–Kier alpha value is -2.50. The van der Waals surface area contributed by atoms with E-state index in [1.54, 1.807) is 24.3 Å². The van der Waals surface area contributed by atoms with Gasteiger partial charge in [0.2, 0.25) is 0 Å². The Bertz CT molecular complexity index is 631. The second-order valence-electron chi connectivity index (χ2n) is 3.21. The van der Waals surface area contributed by atoms with Gasteiger partial charge in [-0.25, -0.2) is 0 Å². The van der Waals surface area contributed by atoms with Crippen LogP contribution in [0.5, 0.6) is 5.75 Å². The highest BCUT2D eigenvalue weighted by molar-refractivity contribution is 6.03. The van der Waals surface area contributed by atoms with Crippen LogP contribution in [0.4, 0.5) is 0 Å². The molecule has 82 valence electrons. The minimum atomic E-state index is -0.605. The Morgan fingerprint density at radius 2 is 2.06 bits per heavy atom. The molecule has 1 aromatic carbocycles. The van der Waals surface area contributed by atoms with Crippen molar-refractivity contribution < 1.29 is 10.3 Å². The molecule has 0 aliphatic rings. The number of nitrogens with one attached hydrogen (secondary N) is 1. The Morgan fingerprint density at radius 3 is 2.75 bits per heavy atom. The predicted molar refractivity (Wildman–Crippen MR) is 58.7 cm³/mol. The number of amidine groups is 1. The summed E-state index contributed by atoms with van der Waals surface area (Å²) in [5.41, 5.74) is 4.95. The summed E-state index contributed by atoms with van der Waals surface area (Å²) >= 11 is 0. The van der Waals surface area contributed by atoms with Crippen LogP contribution < -0.4 is 11.3 Å². The first-order chi connectivity index (χ1) is 7.65. The van der Waals surface area contributed by atoms with Crippen molar-refractivity contribution in [3.8, 4) is 5.75 Å².